The van der Waals surface area contributed by atoms with E-state index in [-0.39, 0.29) is 23.6 Å². The number of aromatic nitrogens is 1. The lowest BCUT2D eigenvalue weighted by Gasteiger charge is -2.22. The van der Waals surface area contributed by atoms with E-state index >= 15 is 0 Å². The Morgan fingerprint density at radius 2 is 1.97 bits per heavy atom. The molecule has 156 valence electrons. The van der Waals surface area contributed by atoms with Gasteiger partial charge in [0, 0.05) is 35.1 Å². The summed E-state index contributed by atoms with van der Waals surface area (Å²) in [6.45, 7) is 4.91. The second-order valence-corrected chi connectivity index (χ2v) is 8.06. The van der Waals surface area contributed by atoms with Crippen molar-refractivity contribution in [1.29, 1.82) is 0 Å². The number of amides is 3. The summed E-state index contributed by atoms with van der Waals surface area (Å²) in [6, 6.07) is 7.09. The van der Waals surface area contributed by atoms with Gasteiger partial charge in [-0.2, -0.15) is 0 Å². The molecule has 2 aliphatic rings. The summed E-state index contributed by atoms with van der Waals surface area (Å²) in [6.07, 6.45) is 2.16. The van der Waals surface area contributed by atoms with E-state index in [1.807, 2.05) is 13.8 Å². The first-order chi connectivity index (χ1) is 14.1. The molecule has 4 rings (SSSR count). The zero-order valence-corrected chi connectivity index (χ0v) is 17.0. The molecule has 1 aliphatic carbocycles. The van der Waals surface area contributed by atoms with E-state index in [1.165, 1.54) is 25.1 Å². The molecule has 1 atom stereocenters. The Labute approximate surface area is 172 Å². The Morgan fingerprint density at radius 3 is 2.60 bits per heavy atom. The average molecular weight is 410 g/mol. The molecule has 0 radical (unpaired) electrons. The van der Waals surface area contributed by atoms with E-state index in [0.717, 1.165) is 29.1 Å². The Hall–Kier alpha value is -3.49. The number of carbonyl (C=O) groups excluding carboxylic acids is 3. The SMILES string of the molecule is Cc1cc(C(=O)CN2C(=O)NC(C)(c3cccc([N+](=O)[O-])c3)C2=O)c(C)n1C1CC1. The fourth-order valence-electron chi connectivity index (χ4n) is 4.15. The van der Waals surface area contributed by atoms with Crippen molar-refractivity contribution in [2.45, 2.75) is 45.2 Å². The molecule has 0 spiro atoms. The predicted molar refractivity (Wildman–Crippen MR) is 107 cm³/mol. The summed E-state index contributed by atoms with van der Waals surface area (Å²) in [5.74, 6) is -0.931. The highest BCUT2D eigenvalue weighted by Gasteiger charge is 2.50. The van der Waals surface area contributed by atoms with Gasteiger partial charge in [-0.3, -0.25) is 24.6 Å². The third-order valence-corrected chi connectivity index (χ3v) is 5.91. The predicted octanol–water partition coefficient (Wildman–Crippen LogP) is 3.00. The zero-order chi connectivity index (χ0) is 21.8. The molecule has 2 aromatic rings. The Balaban J connectivity index is 1.59. The molecule has 1 N–H and O–H groups in total. The lowest BCUT2D eigenvalue weighted by Crippen LogP contribution is -2.41. The van der Waals surface area contributed by atoms with Gasteiger partial charge in [-0.25, -0.2) is 4.79 Å². The number of Topliss-reactive ketones (excluding diaryl/α,β-unsaturated/α-hetero) is 1. The number of nitro groups is 1. The number of urea groups is 1. The van der Waals surface area contributed by atoms with Crippen molar-refractivity contribution in [3.63, 3.8) is 0 Å². The van der Waals surface area contributed by atoms with E-state index in [0.29, 0.717) is 11.6 Å². The molecule has 1 aromatic carbocycles. The van der Waals surface area contributed by atoms with Crippen LogP contribution in [0, 0.1) is 24.0 Å². The number of hydrogen-bond acceptors (Lipinski definition) is 5. The van der Waals surface area contributed by atoms with Crippen LogP contribution in [0.4, 0.5) is 10.5 Å². The minimum Gasteiger partial charge on any atom is -0.345 e. The monoisotopic (exact) mass is 410 g/mol. The van der Waals surface area contributed by atoms with Crippen molar-refractivity contribution in [2.75, 3.05) is 6.54 Å². The van der Waals surface area contributed by atoms with Crippen LogP contribution in [-0.2, 0) is 10.3 Å². The quantitative estimate of drug-likeness (QED) is 0.340. The second-order valence-electron chi connectivity index (χ2n) is 8.06. The molecule has 2 heterocycles. The topological polar surface area (TPSA) is 115 Å². The van der Waals surface area contributed by atoms with Crippen LogP contribution < -0.4 is 5.32 Å². The summed E-state index contributed by atoms with van der Waals surface area (Å²) >= 11 is 0. The maximum atomic E-state index is 13.1. The zero-order valence-electron chi connectivity index (χ0n) is 17.0. The number of carbonyl (C=O) groups is 3. The average Bonchev–Trinajstić information content (AvgIpc) is 3.45. The highest BCUT2D eigenvalue weighted by atomic mass is 16.6. The number of benzene rings is 1. The molecule has 1 aromatic heterocycles. The molecular formula is C21H22N4O5. The van der Waals surface area contributed by atoms with Crippen LogP contribution in [0.25, 0.3) is 0 Å². The number of rotatable bonds is 6. The van der Waals surface area contributed by atoms with Crippen LogP contribution in [0.1, 0.15) is 53.1 Å². The maximum Gasteiger partial charge on any atom is 0.325 e. The van der Waals surface area contributed by atoms with E-state index in [1.54, 1.807) is 12.1 Å². The van der Waals surface area contributed by atoms with E-state index in [9.17, 15) is 24.5 Å². The second kappa shape index (κ2) is 6.79. The van der Waals surface area contributed by atoms with Gasteiger partial charge in [-0.1, -0.05) is 12.1 Å². The summed E-state index contributed by atoms with van der Waals surface area (Å²) < 4.78 is 2.13. The Morgan fingerprint density at radius 1 is 1.27 bits per heavy atom. The molecule has 9 heteroatoms. The first-order valence-corrected chi connectivity index (χ1v) is 9.74. The molecule has 0 bridgehead atoms. The number of hydrogen-bond donors (Lipinski definition) is 1. The van der Waals surface area contributed by atoms with Crippen LogP contribution in [-0.4, -0.2) is 38.7 Å². The van der Waals surface area contributed by atoms with Gasteiger partial charge in [0.1, 0.15) is 5.54 Å². The number of nitrogens with zero attached hydrogens (tertiary/aromatic N) is 3. The molecule has 1 saturated heterocycles. The smallest absolute Gasteiger partial charge is 0.325 e. The molecule has 9 nitrogen and oxygen atoms in total. The number of nitrogens with one attached hydrogen (secondary N) is 1. The lowest BCUT2D eigenvalue weighted by molar-refractivity contribution is -0.385. The largest absolute Gasteiger partial charge is 0.345 e. The van der Waals surface area contributed by atoms with Gasteiger partial charge in [-0.15, -0.1) is 0 Å². The first-order valence-electron chi connectivity index (χ1n) is 9.74. The fraction of sp³-hybridized carbons (Fsp3) is 0.381. The molecular weight excluding hydrogens is 388 g/mol. The van der Waals surface area contributed by atoms with Gasteiger partial charge in [0.2, 0.25) is 0 Å². The number of aryl methyl sites for hydroxylation is 1. The summed E-state index contributed by atoms with van der Waals surface area (Å²) in [5.41, 5.74) is 0.957. The number of imide groups is 1. The molecule has 1 unspecified atom stereocenters. The van der Waals surface area contributed by atoms with Crippen LogP contribution in [0.3, 0.4) is 0 Å². The van der Waals surface area contributed by atoms with Gasteiger partial charge in [0.15, 0.2) is 5.78 Å². The highest BCUT2D eigenvalue weighted by molar-refractivity contribution is 6.11. The van der Waals surface area contributed by atoms with Gasteiger partial charge in [0.05, 0.1) is 11.5 Å². The number of nitro benzene ring substituents is 1. The standard InChI is InChI=1S/C21H22N4O5/c1-12-9-17(13(2)24(12)15-7-8-15)18(26)11-23-19(27)21(3,22-20(23)28)14-5-4-6-16(10-14)25(29)30/h4-6,9-10,15H,7-8,11H2,1-3H3,(H,22,28). The Bertz CT molecular complexity index is 1100. The third-order valence-electron chi connectivity index (χ3n) is 5.91. The minimum absolute atomic E-state index is 0.183. The van der Waals surface area contributed by atoms with E-state index in [2.05, 4.69) is 9.88 Å². The molecule has 2 fully saturated rings. The highest BCUT2D eigenvalue weighted by Crippen LogP contribution is 2.38. The summed E-state index contributed by atoms with van der Waals surface area (Å²) in [5, 5.41) is 13.7. The minimum atomic E-state index is -1.48. The van der Waals surface area contributed by atoms with Crippen LogP contribution in [0.15, 0.2) is 30.3 Å². The first kappa shape index (κ1) is 19.8. The molecule has 1 saturated carbocycles. The maximum absolute atomic E-state index is 13.1. The van der Waals surface area contributed by atoms with Crippen LogP contribution in [0.5, 0.6) is 0 Å². The van der Waals surface area contributed by atoms with Crippen LogP contribution in [0.2, 0.25) is 0 Å². The normalized spacial score (nSPS) is 21.1. The lowest BCUT2D eigenvalue weighted by atomic mass is 9.91. The Kier molecular flexibility index (Phi) is 4.48. The van der Waals surface area contributed by atoms with Crippen molar-refractivity contribution >= 4 is 23.4 Å². The van der Waals surface area contributed by atoms with E-state index < -0.39 is 22.4 Å². The van der Waals surface area contributed by atoms with Crippen LogP contribution >= 0.6 is 0 Å². The van der Waals surface area contributed by atoms with Gasteiger partial charge < -0.3 is 9.88 Å². The third kappa shape index (κ3) is 3.06. The van der Waals surface area contributed by atoms with Crippen molar-refractivity contribution in [2.24, 2.45) is 0 Å². The molecule has 3 amide bonds. The fourth-order valence-corrected chi connectivity index (χ4v) is 4.15. The van der Waals surface area contributed by atoms with Crippen molar-refractivity contribution in [3.8, 4) is 0 Å². The summed E-state index contributed by atoms with van der Waals surface area (Å²) in [4.78, 5) is 49.9. The van der Waals surface area contributed by atoms with Crippen molar-refractivity contribution in [1.82, 2.24) is 14.8 Å². The summed E-state index contributed by atoms with van der Waals surface area (Å²) in [7, 11) is 0. The number of ketones is 1. The molecule has 1 aliphatic heterocycles. The van der Waals surface area contributed by atoms with Gasteiger partial charge >= 0.3 is 6.03 Å². The van der Waals surface area contributed by atoms with Gasteiger partial charge in [-0.05, 0) is 45.2 Å². The number of non-ortho nitro benzene ring substituents is 1. The van der Waals surface area contributed by atoms with Crippen molar-refractivity contribution in [3.05, 3.63) is 63.0 Å². The molecule has 30 heavy (non-hydrogen) atoms. The van der Waals surface area contributed by atoms with Gasteiger partial charge in [0.25, 0.3) is 11.6 Å². The van der Waals surface area contributed by atoms with E-state index in [4.69, 9.17) is 0 Å². The van der Waals surface area contributed by atoms with Crippen molar-refractivity contribution < 1.29 is 19.3 Å².